The zero-order chi connectivity index (χ0) is 16.4. The molecule has 1 heterocycles. The van der Waals surface area contributed by atoms with Gasteiger partial charge < -0.3 is 10.4 Å². The normalized spacial score (nSPS) is 21.9. The van der Waals surface area contributed by atoms with E-state index < -0.39 is 17.7 Å². The maximum Gasteiger partial charge on any atom is 0.416 e. The number of nitrogens with zero attached hydrogens (tertiary/aromatic N) is 1. The molecule has 0 aromatic heterocycles. The van der Waals surface area contributed by atoms with E-state index in [0.29, 0.717) is 18.7 Å². The van der Waals surface area contributed by atoms with Crippen LogP contribution in [0, 0.1) is 0 Å². The van der Waals surface area contributed by atoms with Crippen LogP contribution in [0.1, 0.15) is 24.5 Å². The SMILES string of the molecule is CC1(NCC(=O)O)CCN(Cc2cccc(C(F)(F)F)c2)C1.Cl. The molecule has 0 saturated carbocycles. The molecule has 1 fully saturated rings. The zero-order valence-corrected chi connectivity index (χ0v) is 13.5. The minimum Gasteiger partial charge on any atom is -0.480 e. The van der Waals surface area contributed by atoms with E-state index in [1.165, 1.54) is 12.1 Å². The Kier molecular flexibility index (Phi) is 6.44. The molecular weight excluding hydrogens is 333 g/mol. The second kappa shape index (κ2) is 7.51. The molecule has 4 nitrogen and oxygen atoms in total. The summed E-state index contributed by atoms with van der Waals surface area (Å²) in [5.74, 6) is -0.919. The Hall–Kier alpha value is -1.31. The van der Waals surface area contributed by atoms with Gasteiger partial charge in [-0.15, -0.1) is 12.4 Å². The van der Waals surface area contributed by atoms with Gasteiger partial charge in [-0.2, -0.15) is 13.2 Å². The largest absolute Gasteiger partial charge is 0.480 e. The van der Waals surface area contributed by atoms with E-state index >= 15 is 0 Å². The molecule has 8 heteroatoms. The smallest absolute Gasteiger partial charge is 0.416 e. The molecule has 130 valence electrons. The van der Waals surface area contributed by atoms with Gasteiger partial charge in [-0.3, -0.25) is 9.69 Å². The highest BCUT2D eigenvalue weighted by molar-refractivity contribution is 5.85. The van der Waals surface area contributed by atoms with Gasteiger partial charge in [0.15, 0.2) is 0 Å². The Balaban J connectivity index is 0.00000264. The van der Waals surface area contributed by atoms with E-state index in [4.69, 9.17) is 5.11 Å². The van der Waals surface area contributed by atoms with Crippen molar-refractivity contribution >= 4 is 18.4 Å². The third-order valence-electron chi connectivity index (χ3n) is 3.88. The number of hydrogen-bond acceptors (Lipinski definition) is 3. The Bertz CT molecular complexity index is 554. The molecule has 2 N–H and O–H groups in total. The number of benzene rings is 1. The number of carboxylic acids is 1. The van der Waals surface area contributed by atoms with Crippen LogP contribution in [0.25, 0.3) is 0 Å². The van der Waals surface area contributed by atoms with Gasteiger partial charge in [-0.25, -0.2) is 0 Å². The summed E-state index contributed by atoms with van der Waals surface area (Å²) in [5, 5.41) is 11.7. The first-order valence-corrected chi connectivity index (χ1v) is 7.03. The minimum atomic E-state index is -4.33. The number of alkyl halides is 3. The van der Waals surface area contributed by atoms with Crippen molar-refractivity contribution in [3.63, 3.8) is 0 Å². The Morgan fingerprint density at radius 2 is 2.13 bits per heavy atom. The third kappa shape index (κ3) is 5.67. The molecule has 0 spiro atoms. The van der Waals surface area contributed by atoms with Crippen molar-refractivity contribution in [1.29, 1.82) is 0 Å². The molecule has 1 saturated heterocycles. The van der Waals surface area contributed by atoms with Crippen molar-refractivity contribution in [1.82, 2.24) is 10.2 Å². The summed E-state index contributed by atoms with van der Waals surface area (Å²) in [6, 6.07) is 5.32. The first-order chi connectivity index (χ1) is 10.2. The van der Waals surface area contributed by atoms with Crippen LogP contribution in [0.15, 0.2) is 24.3 Å². The van der Waals surface area contributed by atoms with Gasteiger partial charge in [-0.1, -0.05) is 18.2 Å². The highest BCUT2D eigenvalue weighted by Gasteiger charge is 2.34. The van der Waals surface area contributed by atoms with Crippen molar-refractivity contribution in [2.24, 2.45) is 0 Å². The van der Waals surface area contributed by atoms with Crippen LogP contribution in [0.3, 0.4) is 0 Å². The number of hydrogen-bond donors (Lipinski definition) is 2. The Morgan fingerprint density at radius 1 is 1.43 bits per heavy atom. The van der Waals surface area contributed by atoms with Gasteiger partial charge >= 0.3 is 12.1 Å². The van der Waals surface area contributed by atoms with Crippen molar-refractivity contribution in [2.45, 2.75) is 31.6 Å². The van der Waals surface area contributed by atoms with Gasteiger partial charge in [0.1, 0.15) is 0 Å². The van der Waals surface area contributed by atoms with Crippen molar-refractivity contribution in [2.75, 3.05) is 19.6 Å². The van der Waals surface area contributed by atoms with Gasteiger partial charge in [0.05, 0.1) is 12.1 Å². The quantitative estimate of drug-likeness (QED) is 0.855. The summed E-state index contributed by atoms with van der Waals surface area (Å²) in [6.45, 7) is 3.57. The number of halogens is 4. The van der Waals surface area contributed by atoms with Crippen LogP contribution < -0.4 is 5.32 Å². The lowest BCUT2D eigenvalue weighted by atomic mass is 10.0. The number of carbonyl (C=O) groups is 1. The highest BCUT2D eigenvalue weighted by atomic mass is 35.5. The van der Waals surface area contributed by atoms with E-state index in [-0.39, 0.29) is 24.5 Å². The van der Waals surface area contributed by atoms with Crippen LogP contribution in [0.4, 0.5) is 13.2 Å². The molecule has 1 aliphatic heterocycles. The molecular formula is C15H20ClF3N2O2. The first kappa shape index (κ1) is 19.7. The molecule has 1 aromatic carbocycles. The van der Waals surface area contributed by atoms with E-state index in [0.717, 1.165) is 19.0 Å². The van der Waals surface area contributed by atoms with Crippen LogP contribution in [-0.2, 0) is 17.5 Å². The average Bonchev–Trinajstić information content (AvgIpc) is 2.78. The van der Waals surface area contributed by atoms with E-state index in [1.54, 1.807) is 6.07 Å². The Morgan fingerprint density at radius 3 is 2.74 bits per heavy atom. The number of aliphatic carboxylic acids is 1. The maximum atomic E-state index is 12.7. The lowest BCUT2D eigenvalue weighted by Gasteiger charge is -2.25. The van der Waals surface area contributed by atoms with E-state index in [1.807, 2.05) is 11.8 Å². The van der Waals surface area contributed by atoms with Gasteiger partial charge in [-0.05, 0) is 25.0 Å². The number of carboxylic acid groups (broad SMARTS) is 1. The van der Waals surface area contributed by atoms with Gasteiger partial charge in [0.25, 0.3) is 0 Å². The summed E-state index contributed by atoms with van der Waals surface area (Å²) in [6.07, 6.45) is -3.57. The molecule has 0 aliphatic carbocycles. The molecule has 1 aromatic rings. The summed E-state index contributed by atoms with van der Waals surface area (Å²) in [4.78, 5) is 12.7. The second-order valence-corrected chi connectivity index (χ2v) is 5.97. The monoisotopic (exact) mass is 352 g/mol. The lowest BCUT2D eigenvalue weighted by molar-refractivity contribution is -0.138. The average molecular weight is 353 g/mol. The lowest BCUT2D eigenvalue weighted by Crippen LogP contribution is -2.46. The molecule has 23 heavy (non-hydrogen) atoms. The van der Waals surface area contributed by atoms with Crippen LogP contribution in [-0.4, -0.2) is 41.1 Å². The first-order valence-electron chi connectivity index (χ1n) is 7.03. The second-order valence-electron chi connectivity index (χ2n) is 5.97. The fourth-order valence-corrected chi connectivity index (χ4v) is 2.73. The number of rotatable bonds is 5. The third-order valence-corrected chi connectivity index (χ3v) is 3.88. The standard InChI is InChI=1S/C15H19F3N2O2.ClH/c1-14(19-8-13(21)22)5-6-20(10-14)9-11-3-2-4-12(7-11)15(16,17)18;/h2-4,7,19H,5-6,8-10H2,1H3,(H,21,22);1H. The summed E-state index contributed by atoms with van der Waals surface area (Å²) >= 11 is 0. The molecule has 0 amide bonds. The van der Waals surface area contributed by atoms with Gasteiger partial charge in [0.2, 0.25) is 0 Å². The molecule has 1 atom stereocenters. The molecule has 0 bridgehead atoms. The Labute approximate surface area is 139 Å². The zero-order valence-electron chi connectivity index (χ0n) is 12.7. The fraction of sp³-hybridized carbons (Fsp3) is 0.533. The maximum absolute atomic E-state index is 12.7. The van der Waals surface area contributed by atoms with Crippen molar-refractivity contribution in [3.8, 4) is 0 Å². The highest BCUT2D eigenvalue weighted by Crippen LogP contribution is 2.30. The molecule has 1 aliphatic rings. The minimum absolute atomic E-state index is 0. The summed E-state index contributed by atoms with van der Waals surface area (Å²) in [5.41, 5.74) is -0.353. The van der Waals surface area contributed by atoms with Crippen molar-refractivity contribution < 1.29 is 23.1 Å². The van der Waals surface area contributed by atoms with Crippen LogP contribution >= 0.6 is 12.4 Å². The number of nitrogens with one attached hydrogen (secondary N) is 1. The predicted octanol–water partition coefficient (Wildman–Crippen LogP) is 2.77. The fourth-order valence-electron chi connectivity index (χ4n) is 2.73. The van der Waals surface area contributed by atoms with Gasteiger partial charge in [0, 0.05) is 25.2 Å². The number of likely N-dealkylation sites (tertiary alicyclic amines) is 1. The molecule has 1 unspecified atom stereocenters. The predicted molar refractivity (Wildman–Crippen MR) is 82.6 cm³/mol. The summed E-state index contributed by atoms with van der Waals surface area (Å²) < 4.78 is 38.1. The van der Waals surface area contributed by atoms with Crippen LogP contribution in [0.5, 0.6) is 0 Å². The topological polar surface area (TPSA) is 52.6 Å². The molecule has 2 rings (SSSR count). The molecule has 0 radical (unpaired) electrons. The van der Waals surface area contributed by atoms with Crippen molar-refractivity contribution in [3.05, 3.63) is 35.4 Å². The van der Waals surface area contributed by atoms with E-state index in [2.05, 4.69) is 5.32 Å². The van der Waals surface area contributed by atoms with E-state index in [9.17, 15) is 18.0 Å². The summed E-state index contributed by atoms with van der Waals surface area (Å²) in [7, 11) is 0. The van der Waals surface area contributed by atoms with Crippen LogP contribution in [0.2, 0.25) is 0 Å².